The van der Waals surface area contributed by atoms with Crippen LogP contribution in [-0.2, 0) is 4.79 Å². The van der Waals surface area contributed by atoms with E-state index in [4.69, 9.17) is 0 Å². The largest absolute Gasteiger partial charge is 0.337 e. The van der Waals surface area contributed by atoms with Crippen molar-refractivity contribution in [3.63, 3.8) is 0 Å². The van der Waals surface area contributed by atoms with Gasteiger partial charge >= 0.3 is 0 Å². The lowest BCUT2D eigenvalue weighted by atomic mass is 9.90. The van der Waals surface area contributed by atoms with Gasteiger partial charge in [0.2, 0.25) is 5.91 Å². The molecule has 21 heavy (non-hydrogen) atoms. The molecule has 0 aliphatic carbocycles. The van der Waals surface area contributed by atoms with Crippen molar-refractivity contribution < 1.29 is 4.79 Å². The van der Waals surface area contributed by atoms with Crippen molar-refractivity contribution in [1.29, 1.82) is 0 Å². The summed E-state index contributed by atoms with van der Waals surface area (Å²) in [4.78, 5) is 15.1. The van der Waals surface area contributed by atoms with E-state index < -0.39 is 0 Å². The van der Waals surface area contributed by atoms with Crippen LogP contribution >= 0.6 is 0 Å². The van der Waals surface area contributed by atoms with Crippen LogP contribution in [-0.4, -0.2) is 22.9 Å². The smallest absolute Gasteiger partial charge is 0.223 e. The van der Waals surface area contributed by atoms with E-state index in [1.165, 1.54) is 12.8 Å². The van der Waals surface area contributed by atoms with Gasteiger partial charge in [0.05, 0.1) is 0 Å². The van der Waals surface area contributed by atoms with Gasteiger partial charge in [-0.05, 0) is 31.6 Å². The second-order valence-corrected chi connectivity index (χ2v) is 7.76. The average molecular weight is 298 g/mol. The maximum Gasteiger partial charge on any atom is 0.223 e. The molecule has 1 amide bonds. The first-order valence-corrected chi connectivity index (χ1v) is 9.07. The molecule has 2 nitrogen and oxygen atoms in total. The quantitative estimate of drug-likeness (QED) is 0.499. The Labute approximate surface area is 133 Å². The fourth-order valence-electron chi connectivity index (χ4n) is 3.11. The number of amides is 1. The molecule has 0 spiro atoms. The van der Waals surface area contributed by atoms with Gasteiger partial charge in [-0.3, -0.25) is 4.79 Å². The van der Waals surface area contributed by atoms with Gasteiger partial charge in [0.25, 0.3) is 0 Å². The van der Waals surface area contributed by atoms with Gasteiger partial charge in [-0.25, -0.2) is 0 Å². The maximum absolute atomic E-state index is 12.9. The van der Waals surface area contributed by atoms with Gasteiger partial charge in [-0.1, -0.05) is 67.2 Å². The highest BCUT2D eigenvalue weighted by atomic mass is 16.2. The molecule has 0 heterocycles. The zero-order chi connectivity index (χ0) is 16.5. The van der Waals surface area contributed by atoms with Crippen LogP contribution in [0.15, 0.2) is 0 Å². The van der Waals surface area contributed by atoms with Gasteiger partial charge in [0.1, 0.15) is 0 Å². The third kappa shape index (κ3) is 8.48. The predicted molar refractivity (Wildman–Crippen MR) is 93.5 cm³/mol. The first kappa shape index (κ1) is 20.5. The number of hydrogen-bond donors (Lipinski definition) is 0. The molecule has 0 aromatic heterocycles. The van der Waals surface area contributed by atoms with Gasteiger partial charge in [-0.15, -0.1) is 0 Å². The Bertz CT molecular complexity index is 280. The van der Waals surface area contributed by atoms with Crippen molar-refractivity contribution in [2.24, 2.45) is 5.41 Å². The summed E-state index contributed by atoms with van der Waals surface area (Å²) in [6.45, 7) is 15.4. The number of unbranched alkanes of at least 4 members (excludes halogenated alkanes) is 1. The molecule has 0 N–H and O–H groups in total. The minimum Gasteiger partial charge on any atom is -0.337 e. The highest BCUT2D eigenvalue weighted by Gasteiger charge is 2.29. The summed E-state index contributed by atoms with van der Waals surface area (Å²) in [5.41, 5.74) is 0.0722. The second kappa shape index (κ2) is 10.2. The van der Waals surface area contributed by atoms with E-state index >= 15 is 0 Å². The fourth-order valence-corrected chi connectivity index (χ4v) is 3.11. The van der Waals surface area contributed by atoms with E-state index in [0.717, 1.165) is 32.1 Å². The van der Waals surface area contributed by atoms with Gasteiger partial charge in [-0.2, -0.15) is 0 Å². The topological polar surface area (TPSA) is 20.3 Å². The van der Waals surface area contributed by atoms with Gasteiger partial charge in [0.15, 0.2) is 0 Å². The van der Waals surface area contributed by atoms with Crippen LogP contribution in [0.5, 0.6) is 0 Å². The number of carbonyl (C=O) groups is 1. The Morgan fingerprint density at radius 2 is 1.52 bits per heavy atom. The van der Waals surface area contributed by atoms with Crippen molar-refractivity contribution >= 4 is 5.91 Å². The van der Waals surface area contributed by atoms with E-state index in [1.54, 1.807) is 0 Å². The molecular formula is C19H39NO. The summed E-state index contributed by atoms with van der Waals surface area (Å²) in [6, 6.07) is 0.810. The Morgan fingerprint density at radius 1 is 0.952 bits per heavy atom. The van der Waals surface area contributed by atoms with Crippen molar-refractivity contribution in [1.82, 2.24) is 4.90 Å². The Morgan fingerprint density at radius 3 is 1.95 bits per heavy atom. The normalized spacial score (nSPS) is 14.8. The Kier molecular flexibility index (Phi) is 9.98. The van der Waals surface area contributed by atoms with Crippen LogP contribution in [0.1, 0.15) is 99.8 Å². The summed E-state index contributed by atoms with van der Waals surface area (Å²) in [6.07, 6.45) is 8.82. The van der Waals surface area contributed by atoms with Crippen molar-refractivity contribution in [2.45, 2.75) is 112 Å². The zero-order valence-corrected chi connectivity index (χ0v) is 15.7. The predicted octanol–water partition coefficient (Wildman–Crippen LogP) is 5.80. The molecule has 0 rings (SSSR count). The third-order valence-electron chi connectivity index (χ3n) is 4.06. The van der Waals surface area contributed by atoms with E-state index in [9.17, 15) is 4.79 Å². The van der Waals surface area contributed by atoms with E-state index in [1.807, 2.05) is 0 Å². The van der Waals surface area contributed by atoms with E-state index in [-0.39, 0.29) is 5.41 Å². The molecule has 0 aliphatic heterocycles. The van der Waals surface area contributed by atoms with Crippen LogP contribution < -0.4 is 0 Å². The minimum absolute atomic E-state index is 0.0722. The summed E-state index contributed by atoms with van der Waals surface area (Å²) in [7, 11) is 0. The molecule has 0 aromatic rings. The second-order valence-electron chi connectivity index (χ2n) is 7.76. The molecule has 0 aromatic carbocycles. The van der Waals surface area contributed by atoms with Gasteiger partial charge in [0, 0.05) is 18.5 Å². The minimum atomic E-state index is 0.0722. The molecular weight excluding hydrogens is 258 g/mol. The number of rotatable bonds is 10. The molecule has 126 valence electrons. The molecule has 2 unspecified atom stereocenters. The monoisotopic (exact) mass is 297 g/mol. The highest BCUT2D eigenvalue weighted by Crippen LogP contribution is 2.26. The van der Waals surface area contributed by atoms with Crippen LogP contribution in [0.25, 0.3) is 0 Å². The lowest BCUT2D eigenvalue weighted by Crippen LogP contribution is -2.47. The number of nitrogens with zero attached hydrogens (tertiary/aromatic N) is 1. The maximum atomic E-state index is 12.9. The molecule has 2 heteroatoms. The molecule has 0 saturated heterocycles. The number of carbonyl (C=O) groups excluding carboxylic acids is 1. The molecule has 2 atom stereocenters. The third-order valence-corrected chi connectivity index (χ3v) is 4.06. The summed E-state index contributed by atoms with van der Waals surface area (Å²) in [5.74, 6) is 0.359. The van der Waals surface area contributed by atoms with E-state index in [0.29, 0.717) is 24.4 Å². The van der Waals surface area contributed by atoms with Crippen LogP contribution in [0.4, 0.5) is 0 Å². The van der Waals surface area contributed by atoms with Crippen molar-refractivity contribution in [3.05, 3.63) is 0 Å². The SMILES string of the molecule is CCCCC(CCC)N(C(=O)CC(C)(C)C)C(C)CCC. The van der Waals surface area contributed by atoms with Gasteiger partial charge < -0.3 is 4.90 Å². The first-order chi connectivity index (χ1) is 9.76. The fraction of sp³-hybridized carbons (Fsp3) is 0.947. The molecule has 0 radical (unpaired) electrons. The van der Waals surface area contributed by atoms with Crippen LogP contribution in [0.3, 0.4) is 0 Å². The highest BCUT2D eigenvalue weighted by molar-refractivity contribution is 5.77. The first-order valence-electron chi connectivity index (χ1n) is 9.07. The van der Waals surface area contributed by atoms with Crippen LogP contribution in [0, 0.1) is 5.41 Å². The van der Waals surface area contributed by atoms with E-state index in [2.05, 4.69) is 53.4 Å². The summed E-state index contributed by atoms with van der Waals surface area (Å²) < 4.78 is 0. The molecule has 0 aliphatic rings. The van der Waals surface area contributed by atoms with Crippen molar-refractivity contribution in [3.8, 4) is 0 Å². The molecule has 0 fully saturated rings. The summed E-state index contributed by atoms with van der Waals surface area (Å²) in [5, 5.41) is 0. The lowest BCUT2D eigenvalue weighted by molar-refractivity contribution is -0.138. The lowest BCUT2D eigenvalue weighted by Gasteiger charge is -2.38. The Balaban J connectivity index is 5.09. The zero-order valence-electron chi connectivity index (χ0n) is 15.7. The average Bonchev–Trinajstić information content (AvgIpc) is 2.34. The Hall–Kier alpha value is -0.530. The molecule has 0 bridgehead atoms. The van der Waals surface area contributed by atoms with Crippen LogP contribution in [0.2, 0.25) is 0 Å². The summed E-state index contributed by atoms with van der Waals surface area (Å²) >= 11 is 0. The molecule has 0 saturated carbocycles. The van der Waals surface area contributed by atoms with Crippen molar-refractivity contribution in [2.75, 3.05) is 0 Å². The number of hydrogen-bond acceptors (Lipinski definition) is 1. The standard InChI is InChI=1S/C19H39NO/c1-8-11-14-17(13-10-3)20(16(4)12-9-2)18(21)15-19(5,6)7/h16-17H,8-15H2,1-7H3.